The summed E-state index contributed by atoms with van der Waals surface area (Å²) in [6, 6.07) is 13.3. The van der Waals surface area contributed by atoms with Gasteiger partial charge in [0.15, 0.2) is 18.1 Å². The number of amides is 2. The van der Waals surface area contributed by atoms with Gasteiger partial charge in [-0.25, -0.2) is 4.68 Å². The Kier molecular flexibility index (Phi) is 5.14. The lowest BCUT2D eigenvalue weighted by Gasteiger charge is -2.24. The number of carbonyl (C=O) groups is 2. The van der Waals surface area contributed by atoms with Gasteiger partial charge >= 0.3 is 0 Å². The number of nitrogens with one attached hydrogen (secondary N) is 1. The number of fused-ring (bicyclic) bond motifs is 1. The number of anilines is 1. The summed E-state index contributed by atoms with van der Waals surface area (Å²) in [6.07, 6.45) is 2.07. The Morgan fingerprint density at radius 1 is 1.23 bits per heavy atom. The molecule has 0 spiro atoms. The number of rotatable bonds is 6. The molecule has 1 aliphatic rings. The summed E-state index contributed by atoms with van der Waals surface area (Å²) in [5.74, 6) is 0.691. The maximum absolute atomic E-state index is 12.5. The van der Waals surface area contributed by atoms with Crippen LogP contribution in [0.3, 0.4) is 0 Å². The summed E-state index contributed by atoms with van der Waals surface area (Å²) in [5, 5.41) is 7.46. The van der Waals surface area contributed by atoms with Crippen molar-refractivity contribution in [2.45, 2.75) is 19.3 Å². The van der Waals surface area contributed by atoms with E-state index in [-0.39, 0.29) is 24.9 Å². The SMILES string of the molecule is COc1cc(C2CC(=O)Nc3c2cnn3-c2ccc(C)cc2)ccc1OCC(N)=O. The summed E-state index contributed by atoms with van der Waals surface area (Å²) in [4.78, 5) is 23.5. The third-order valence-corrected chi connectivity index (χ3v) is 5.06. The molecule has 0 saturated heterocycles. The van der Waals surface area contributed by atoms with Crippen molar-refractivity contribution in [3.8, 4) is 17.2 Å². The predicted octanol–water partition coefficient (Wildman–Crippen LogP) is 2.53. The maximum Gasteiger partial charge on any atom is 0.255 e. The lowest BCUT2D eigenvalue weighted by molar-refractivity contribution is -0.120. The van der Waals surface area contributed by atoms with Crippen LogP contribution >= 0.6 is 0 Å². The molecule has 1 aliphatic heterocycles. The highest BCUT2D eigenvalue weighted by Gasteiger charge is 2.31. The number of aryl methyl sites for hydroxylation is 1. The van der Waals surface area contributed by atoms with E-state index in [1.165, 1.54) is 7.11 Å². The third-order valence-electron chi connectivity index (χ3n) is 5.06. The number of ether oxygens (including phenoxy) is 2. The second-order valence-electron chi connectivity index (χ2n) is 7.17. The lowest BCUT2D eigenvalue weighted by atomic mass is 9.87. The predicted molar refractivity (Wildman–Crippen MR) is 111 cm³/mol. The van der Waals surface area contributed by atoms with Gasteiger partial charge in [-0.05, 0) is 36.8 Å². The number of hydrogen-bond donors (Lipinski definition) is 2. The van der Waals surface area contributed by atoms with Crippen LogP contribution in [-0.4, -0.2) is 35.3 Å². The quantitative estimate of drug-likeness (QED) is 0.654. The third kappa shape index (κ3) is 3.71. The second-order valence-corrected chi connectivity index (χ2v) is 7.17. The van der Waals surface area contributed by atoms with Gasteiger partial charge in [-0.2, -0.15) is 5.10 Å². The number of methoxy groups -OCH3 is 1. The van der Waals surface area contributed by atoms with Gasteiger partial charge < -0.3 is 20.5 Å². The van der Waals surface area contributed by atoms with Crippen molar-refractivity contribution in [2.24, 2.45) is 5.73 Å². The highest BCUT2D eigenvalue weighted by Crippen LogP contribution is 2.40. The van der Waals surface area contributed by atoms with Gasteiger partial charge in [0.1, 0.15) is 5.82 Å². The molecule has 0 radical (unpaired) electrons. The fraction of sp³-hybridized carbons (Fsp3) is 0.227. The van der Waals surface area contributed by atoms with E-state index in [0.717, 1.165) is 22.4 Å². The van der Waals surface area contributed by atoms with Crippen molar-refractivity contribution in [3.63, 3.8) is 0 Å². The van der Waals surface area contributed by atoms with Gasteiger partial charge in [-0.15, -0.1) is 0 Å². The van der Waals surface area contributed by atoms with Crippen LogP contribution in [0.2, 0.25) is 0 Å². The van der Waals surface area contributed by atoms with Crippen molar-refractivity contribution < 1.29 is 19.1 Å². The van der Waals surface area contributed by atoms with E-state index in [4.69, 9.17) is 15.2 Å². The van der Waals surface area contributed by atoms with Crippen molar-refractivity contribution in [1.29, 1.82) is 0 Å². The van der Waals surface area contributed by atoms with E-state index in [0.29, 0.717) is 17.3 Å². The minimum atomic E-state index is -0.571. The van der Waals surface area contributed by atoms with Crippen LogP contribution in [-0.2, 0) is 9.59 Å². The van der Waals surface area contributed by atoms with E-state index >= 15 is 0 Å². The summed E-state index contributed by atoms with van der Waals surface area (Å²) >= 11 is 0. The van der Waals surface area contributed by atoms with Crippen molar-refractivity contribution in [1.82, 2.24) is 9.78 Å². The molecular formula is C22H22N4O4. The Labute approximate surface area is 173 Å². The van der Waals surface area contributed by atoms with Crippen molar-refractivity contribution >= 4 is 17.6 Å². The van der Waals surface area contributed by atoms with Crippen molar-refractivity contribution in [2.75, 3.05) is 19.0 Å². The zero-order valence-electron chi connectivity index (χ0n) is 16.7. The number of carbonyl (C=O) groups excluding carboxylic acids is 2. The van der Waals surface area contributed by atoms with Gasteiger partial charge in [0.05, 0.1) is 19.0 Å². The van der Waals surface area contributed by atoms with Gasteiger partial charge in [0.25, 0.3) is 5.91 Å². The van der Waals surface area contributed by atoms with E-state index in [1.807, 2.05) is 43.3 Å². The van der Waals surface area contributed by atoms with Gasteiger partial charge in [-0.3, -0.25) is 9.59 Å². The molecule has 3 N–H and O–H groups in total. The first-order valence-electron chi connectivity index (χ1n) is 9.50. The highest BCUT2D eigenvalue weighted by molar-refractivity contribution is 5.94. The van der Waals surface area contributed by atoms with Gasteiger partial charge in [0, 0.05) is 17.9 Å². The smallest absolute Gasteiger partial charge is 0.255 e. The summed E-state index contributed by atoms with van der Waals surface area (Å²) in [7, 11) is 1.52. The maximum atomic E-state index is 12.5. The summed E-state index contributed by atoms with van der Waals surface area (Å²) in [6.45, 7) is 1.78. The molecule has 1 atom stereocenters. The first-order chi connectivity index (χ1) is 14.5. The average molecular weight is 406 g/mol. The summed E-state index contributed by atoms with van der Waals surface area (Å²) in [5.41, 5.74) is 8.97. The van der Waals surface area contributed by atoms with Crippen molar-refractivity contribution in [3.05, 3.63) is 65.4 Å². The molecule has 2 heterocycles. The number of nitrogens with zero attached hydrogens (tertiary/aromatic N) is 2. The monoisotopic (exact) mass is 406 g/mol. The number of aromatic nitrogens is 2. The topological polar surface area (TPSA) is 108 Å². The Morgan fingerprint density at radius 2 is 2.00 bits per heavy atom. The largest absolute Gasteiger partial charge is 0.493 e. The van der Waals surface area contributed by atoms with Crippen LogP contribution in [0, 0.1) is 6.92 Å². The molecule has 2 aromatic carbocycles. The average Bonchev–Trinajstić information content (AvgIpc) is 3.15. The fourth-order valence-electron chi connectivity index (χ4n) is 3.57. The molecule has 154 valence electrons. The van der Waals surface area contributed by atoms with Crippen LogP contribution in [0.5, 0.6) is 11.5 Å². The Balaban J connectivity index is 1.71. The number of hydrogen-bond acceptors (Lipinski definition) is 5. The molecule has 8 nitrogen and oxygen atoms in total. The van der Waals surface area contributed by atoms with Gasteiger partial charge in [-0.1, -0.05) is 23.8 Å². The first kappa shape index (κ1) is 19.5. The molecule has 0 saturated carbocycles. The highest BCUT2D eigenvalue weighted by atomic mass is 16.5. The fourth-order valence-corrected chi connectivity index (χ4v) is 3.57. The second kappa shape index (κ2) is 7.90. The van der Waals surface area contributed by atoms with Crippen LogP contribution in [0.25, 0.3) is 5.69 Å². The summed E-state index contributed by atoms with van der Waals surface area (Å²) < 4.78 is 12.5. The standard InChI is InChI=1S/C22H22N4O4/c1-13-3-6-15(7-4-13)26-22-17(11-24-26)16(10-21(28)25-22)14-5-8-18(19(9-14)29-2)30-12-20(23)27/h3-9,11,16H,10,12H2,1-2H3,(H2,23,27)(H,25,28). The van der Waals surface area contributed by atoms with Crippen LogP contribution in [0.1, 0.15) is 29.0 Å². The first-order valence-corrected chi connectivity index (χ1v) is 9.50. The Morgan fingerprint density at radius 3 is 2.70 bits per heavy atom. The lowest BCUT2D eigenvalue weighted by Crippen LogP contribution is -2.24. The minimum Gasteiger partial charge on any atom is -0.493 e. The zero-order valence-corrected chi connectivity index (χ0v) is 16.7. The Hall–Kier alpha value is -3.81. The van der Waals surface area contributed by atoms with Gasteiger partial charge in [0.2, 0.25) is 5.91 Å². The van der Waals surface area contributed by atoms with Crippen LogP contribution in [0.15, 0.2) is 48.7 Å². The van der Waals surface area contributed by atoms with Crippen LogP contribution in [0.4, 0.5) is 5.82 Å². The van der Waals surface area contributed by atoms with E-state index in [2.05, 4.69) is 10.4 Å². The molecule has 2 amide bonds. The Bertz CT molecular complexity index is 1100. The van der Waals surface area contributed by atoms with Crippen LogP contribution < -0.4 is 20.5 Å². The normalized spacial score (nSPS) is 15.3. The molecule has 3 aromatic rings. The molecular weight excluding hydrogens is 384 g/mol. The molecule has 1 aromatic heterocycles. The van der Waals surface area contributed by atoms with E-state index in [9.17, 15) is 9.59 Å². The molecule has 8 heteroatoms. The number of benzene rings is 2. The number of nitrogens with two attached hydrogens (primary N) is 1. The molecule has 30 heavy (non-hydrogen) atoms. The zero-order chi connectivity index (χ0) is 21.3. The van der Waals surface area contributed by atoms with E-state index in [1.54, 1.807) is 16.9 Å². The minimum absolute atomic E-state index is 0.0885. The molecule has 0 aliphatic carbocycles. The molecule has 0 fully saturated rings. The molecule has 1 unspecified atom stereocenters. The molecule has 0 bridgehead atoms. The molecule has 4 rings (SSSR count). The number of primary amides is 1. The van der Waals surface area contributed by atoms with E-state index < -0.39 is 5.91 Å².